The maximum atomic E-state index is 13.4. The number of hydrogen-bond acceptors (Lipinski definition) is 4. The molecule has 1 aliphatic carbocycles. The van der Waals surface area contributed by atoms with Crippen LogP contribution in [0.2, 0.25) is 0 Å². The van der Waals surface area contributed by atoms with E-state index in [4.69, 9.17) is 5.73 Å². The second-order valence-corrected chi connectivity index (χ2v) is 9.79. The Kier molecular flexibility index (Phi) is 5.07. The topological polar surface area (TPSA) is 70.1 Å². The van der Waals surface area contributed by atoms with Gasteiger partial charge in [0.05, 0.1) is 17.6 Å². The van der Waals surface area contributed by atoms with Gasteiger partial charge in [0, 0.05) is 27.9 Å². The van der Waals surface area contributed by atoms with Crippen LogP contribution in [0, 0.1) is 23.7 Å². The van der Waals surface area contributed by atoms with Crippen LogP contribution in [0.15, 0.2) is 75.7 Å². The summed E-state index contributed by atoms with van der Waals surface area (Å²) in [7, 11) is 0. The van der Waals surface area contributed by atoms with Gasteiger partial charge in [-0.15, -0.1) is 0 Å². The van der Waals surface area contributed by atoms with Crippen LogP contribution in [-0.4, -0.2) is 5.78 Å². The van der Waals surface area contributed by atoms with Gasteiger partial charge in [-0.05, 0) is 54.2 Å². The molecular formula is C25H24BrN3O. The van der Waals surface area contributed by atoms with Crippen molar-refractivity contribution >= 4 is 27.4 Å². The third-order valence-electron chi connectivity index (χ3n) is 5.84. The summed E-state index contributed by atoms with van der Waals surface area (Å²) in [6, 6.07) is 18.1. The Labute approximate surface area is 185 Å². The van der Waals surface area contributed by atoms with Gasteiger partial charge in [-0.3, -0.25) is 9.69 Å². The molecule has 2 aromatic carbocycles. The molecule has 4 nitrogen and oxygen atoms in total. The molecule has 0 bridgehead atoms. The van der Waals surface area contributed by atoms with Crippen LogP contribution in [0.5, 0.6) is 0 Å². The van der Waals surface area contributed by atoms with Gasteiger partial charge in [0.2, 0.25) is 0 Å². The number of nitrogens with two attached hydrogens (primary N) is 1. The smallest absolute Gasteiger partial charge is 0.162 e. The molecule has 5 heteroatoms. The van der Waals surface area contributed by atoms with Crippen molar-refractivity contribution in [3.05, 3.63) is 86.8 Å². The van der Waals surface area contributed by atoms with E-state index in [9.17, 15) is 10.1 Å². The number of anilines is 1. The van der Waals surface area contributed by atoms with Crippen molar-refractivity contribution in [2.24, 2.45) is 11.1 Å². The fourth-order valence-corrected chi connectivity index (χ4v) is 4.82. The third kappa shape index (κ3) is 3.46. The number of carbonyl (C=O) groups excluding carboxylic acids is 1. The maximum absolute atomic E-state index is 13.4. The molecule has 1 unspecified atom stereocenters. The predicted octanol–water partition coefficient (Wildman–Crippen LogP) is 5.70. The second kappa shape index (κ2) is 7.45. The average Bonchev–Trinajstić information content (AvgIpc) is 2.67. The molecule has 152 valence electrons. The minimum Gasteiger partial charge on any atom is -0.384 e. The van der Waals surface area contributed by atoms with Gasteiger partial charge < -0.3 is 5.73 Å². The highest BCUT2D eigenvalue weighted by Gasteiger charge is 2.44. The molecule has 0 radical (unpaired) electrons. The molecule has 30 heavy (non-hydrogen) atoms. The molecule has 1 heterocycles. The van der Waals surface area contributed by atoms with Crippen LogP contribution < -0.4 is 10.6 Å². The van der Waals surface area contributed by atoms with Gasteiger partial charge in [0.1, 0.15) is 5.82 Å². The highest BCUT2D eigenvalue weighted by Crippen LogP contribution is 2.50. The lowest BCUT2D eigenvalue weighted by atomic mass is 9.68. The number of allylic oxidation sites excluding steroid dienone is 3. The van der Waals surface area contributed by atoms with E-state index >= 15 is 0 Å². The van der Waals surface area contributed by atoms with Gasteiger partial charge >= 0.3 is 0 Å². The molecule has 0 amide bonds. The number of aryl methyl sites for hydroxylation is 1. The van der Waals surface area contributed by atoms with Crippen LogP contribution in [0.3, 0.4) is 0 Å². The van der Waals surface area contributed by atoms with E-state index in [1.54, 1.807) is 0 Å². The molecule has 1 atom stereocenters. The summed E-state index contributed by atoms with van der Waals surface area (Å²) >= 11 is 3.47. The van der Waals surface area contributed by atoms with Crippen LogP contribution in [-0.2, 0) is 4.79 Å². The Morgan fingerprint density at radius 1 is 1.17 bits per heavy atom. The van der Waals surface area contributed by atoms with E-state index in [-0.39, 0.29) is 11.2 Å². The first-order chi connectivity index (χ1) is 14.2. The number of ketones is 1. The van der Waals surface area contributed by atoms with E-state index in [0.29, 0.717) is 29.8 Å². The Hall–Kier alpha value is -2.84. The summed E-state index contributed by atoms with van der Waals surface area (Å²) in [5.74, 6) is 0.0510. The predicted molar refractivity (Wildman–Crippen MR) is 122 cm³/mol. The van der Waals surface area contributed by atoms with Gasteiger partial charge in [-0.1, -0.05) is 54.0 Å². The average molecular weight is 462 g/mol. The first-order valence-corrected chi connectivity index (χ1v) is 10.8. The summed E-state index contributed by atoms with van der Waals surface area (Å²) in [6.07, 6.45) is 1.17. The van der Waals surface area contributed by atoms with Crippen molar-refractivity contribution in [1.82, 2.24) is 0 Å². The van der Waals surface area contributed by atoms with Crippen LogP contribution in [0.1, 0.15) is 43.7 Å². The lowest BCUT2D eigenvalue weighted by Gasteiger charge is -2.43. The van der Waals surface area contributed by atoms with E-state index < -0.39 is 5.92 Å². The summed E-state index contributed by atoms with van der Waals surface area (Å²) in [5.41, 5.74) is 11.4. The lowest BCUT2D eigenvalue weighted by Crippen LogP contribution is -2.42. The van der Waals surface area contributed by atoms with Crippen LogP contribution in [0.25, 0.3) is 0 Å². The zero-order chi connectivity index (χ0) is 21.6. The van der Waals surface area contributed by atoms with Crippen LogP contribution in [0.4, 0.5) is 5.69 Å². The zero-order valence-corrected chi connectivity index (χ0v) is 19.0. The van der Waals surface area contributed by atoms with Gasteiger partial charge in [0.15, 0.2) is 5.78 Å². The minimum absolute atomic E-state index is 0.0899. The van der Waals surface area contributed by atoms with E-state index in [1.807, 2.05) is 60.4 Å². The SMILES string of the molecule is Cc1cccc(N2C(N)=C(C#N)C(c3ccc(Br)cc3)C3=C2CC(C)(C)CC3=O)c1. The number of benzene rings is 2. The first-order valence-electron chi connectivity index (χ1n) is 10.00. The van der Waals surface area contributed by atoms with Crippen molar-refractivity contribution in [2.75, 3.05) is 4.90 Å². The molecule has 4 rings (SSSR count). The Morgan fingerprint density at radius 3 is 2.50 bits per heavy atom. The van der Waals surface area contributed by atoms with Crippen molar-refractivity contribution in [1.29, 1.82) is 5.26 Å². The van der Waals surface area contributed by atoms with Crippen LogP contribution >= 0.6 is 15.9 Å². The fraction of sp³-hybridized carbons (Fsp3) is 0.280. The number of nitrogens with zero attached hydrogens (tertiary/aromatic N) is 2. The van der Waals surface area contributed by atoms with E-state index in [0.717, 1.165) is 27.0 Å². The second-order valence-electron chi connectivity index (χ2n) is 8.87. The molecule has 2 N–H and O–H groups in total. The standard InChI is InChI=1S/C25H24BrN3O/c1-15-5-4-6-18(11-15)29-20-12-25(2,3)13-21(30)23(20)22(19(14-27)24(29)28)16-7-9-17(26)10-8-16/h4-11,22H,12-13,28H2,1-3H3. The Bertz CT molecular complexity index is 1140. The molecule has 1 aliphatic heterocycles. The normalized spacial score (nSPS) is 20.8. The Morgan fingerprint density at radius 2 is 1.87 bits per heavy atom. The number of carbonyl (C=O) groups is 1. The third-order valence-corrected chi connectivity index (χ3v) is 6.37. The number of halogens is 1. The van der Waals surface area contributed by atoms with Crippen molar-refractivity contribution < 1.29 is 4.79 Å². The number of Topliss-reactive ketones (excluding diaryl/α,β-unsaturated/α-hetero) is 1. The zero-order valence-electron chi connectivity index (χ0n) is 17.4. The molecular weight excluding hydrogens is 438 g/mol. The molecule has 0 spiro atoms. The summed E-state index contributed by atoms with van der Waals surface area (Å²) < 4.78 is 0.948. The number of hydrogen-bond donors (Lipinski definition) is 1. The van der Waals surface area contributed by atoms with Crippen molar-refractivity contribution in [3.8, 4) is 6.07 Å². The summed E-state index contributed by atoms with van der Waals surface area (Å²) in [5, 5.41) is 10.1. The number of rotatable bonds is 2. The van der Waals surface area contributed by atoms with Gasteiger partial charge in [-0.2, -0.15) is 5.26 Å². The highest BCUT2D eigenvalue weighted by atomic mass is 79.9. The fourth-order valence-electron chi connectivity index (χ4n) is 4.56. The molecule has 0 saturated heterocycles. The highest BCUT2D eigenvalue weighted by molar-refractivity contribution is 9.10. The van der Waals surface area contributed by atoms with Gasteiger partial charge in [-0.25, -0.2) is 0 Å². The molecule has 0 saturated carbocycles. The van der Waals surface area contributed by atoms with E-state index in [1.165, 1.54) is 0 Å². The summed E-state index contributed by atoms with van der Waals surface area (Å²) in [6.45, 7) is 6.24. The van der Waals surface area contributed by atoms with Crippen molar-refractivity contribution in [3.63, 3.8) is 0 Å². The quantitative estimate of drug-likeness (QED) is 0.622. The largest absolute Gasteiger partial charge is 0.384 e. The minimum atomic E-state index is -0.442. The Balaban J connectivity index is 2.00. The monoisotopic (exact) mass is 461 g/mol. The first kappa shape index (κ1) is 20.4. The molecule has 0 fully saturated rings. The van der Waals surface area contributed by atoms with E-state index in [2.05, 4.69) is 35.8 Å². The van der Waals surface area contributed by atoms with Gasteiger partial charge in [0.25, 0.3) is 0 Å². The molecule has 2 aliphatic rings. The van der Waals surface area contributed by atoms with Crippen molar-refractivity contribution in [2.45, 2.75) is 39.5 Å². The molecule has 0 aromatic heterocycles. The molecule has 2 aromatic rings. The lowest BCUT2D eigenvalue weighted by molar-refractivity contribution is -0.118. The number of nitriles is 1. The summed E-state index contributed by atoms with van der Waals surface area (Å²) in [4.78, 5) is 15.4. The maximum Gasteiger partial charge on any atom is 0.162 e.